The lowest BCUT2D eigenvalue weighted by Crippen LogP contribution is -2.47. The molecule has 0 radical (unpaired) electrons. The van der Waals surface area contributed by atoms with Crippen LogP contribution in [0.1, 0.15) is 46.5 Å². The molecule has 2 aliphatic rings. The molecule has 2 saturated heterocycles. The molecule has 0 saturated carbocycles. The number of likely N-dealkylation sites (tertiary alicyclic amines) is 1. The highest BCUT2D eigenvalue weighted by Crippen LogP contribution is 2.27. The summed E-state index contributed by atoms with van der Waals surface area (Å²) in [6.07, 6.45) is 4.43. The van der Waals surface area contributed by atoms with E-state index in [1.165, 1.54) is 12.8 Å². The number of carbonyl (C=O) groups is 1. The highest BCUT2D eigenvalue weighted by molar-refractivity contribution is 5.79. The van der Waals surface area contributed by atoms with Crippen molar-refractivity contribution >= 4 is 5.91 Å². The van der Waals surface area contributed by atoms with E-state index in [-0.39, 0.29) is 5.92 Å². The topological polar surface area (TPSA) is 32.3 Å². The first-order valence-electron chi connectivity index (χ1n) is 7.60. The molecule has 0 spiro atoms. The van der Waals surface area contributed by atoms with Gasteiger partial charge >= 0.3 is 0 Å². The molecular weight excluding hydrogens is 224 g/mol. The molecule has 3 nitrogen and oxygen atoms in total. The molecule has 1 amide bonds. The first-order valence-corrected chi connectivity index (χ1v) is 7.60. The quantitative estimate of drug-likeness (QED) is 0.817. The Morgan fingerprint density at radius 2 is 1.89 bits per heavy atom. The summed E-state index contributed by atoms with van der Waals surface area (Å²) in [6, 6.07) is 0.501. The fraction of sp³-hybridized carbons (Fsp3) is 0.933. The van der Waals surface area contributed by atoms with Crippen LogP contribution in [0.15, 0.2) is 0 Å². The van der Waals surface area contributed by atoms with Gasteiger partial charge in [-0.2, -0.15) is 0 Å². The molecule has 104 valence electrons. The fourth-order valence-corrected chi connectivity index (χ4v) is 3.40. The minimum absolute atomic E-state index is 0.275. The van der Waals surface area contributed by atoms with Crippen molar-refractivity contribution in [2.45, 2.75) is 52.5 Å². The molecule has 0 aliphatic carbocycles. The lowest BCUT2D eigenvalue weighted by Gasteiger charge is -2.37. The zero-order chi connectivity index (χ0) is 13.1. The number of nitrogens with zero attached hydrogens (tertiary/aromatic N) is 1. The second-order valence-electron chi connectivity index (χ2n) is 6.48. The molecule has 0 unspecified atom stereocenters. The van der Waals surface area contributed by atoms with Crippen molar-refractivity contribution in [3.05, 3.63) is 0 Å². The first-order chi connectivity index (χ1) is 8.58. The monoisotopic (exact) mass is 252 g/mol. The van der Waals surface area contributed by atoms with Gasteiger partial charge in [0.15, 0.2) is 0 Å². The summed E-state index contributed by atoms with van der Waals surface area (Å²) in [4.78, 5) is 14.6. The second-order valence-corrected chi connectivity index (χ2v) is 6.48. The van der Waals surface area contributed by atoms with E-state index < -0.39 is 0 Å². The van der Waals surface area contributed by atoms with E-state index in [2.05, 4.69) is 31.0 Å². The third-order valence-corrected chi connectivity index (χ3v) is 4.77. The van der Waals surface area contributed by atoms with Crippen molar-refractivity contribution in [3.8, 4) is 0 Å². The zero-order valence-electron chi connectivity index (χ0n) is 12.1. The predicted molar refractivity (Wildman–Crippen MR) is 74.3 cm³/mol. The molecule has 18 heavy (non-hydrogen) atoms. The van der Waals surface area contributed by atoms with Crippen LogP contribution in [-0.2, 0) is 4.79 Å². The maximum Gasteiger partial charge on any atom is 0.225 e. The minimum Gasteiger partial charge on any atom is -0.342 e. The van der Waals surface area contributed by atoms with E-state index in [1.54, 1.807) is 0 Å². The molecule has 0 aromatic heterocycles. The number of amides is 1. The van der Waals surface area contributed by atoms with E-state index >= 15 is 0 Å². The van der Waals surface area contributed by atoms with Gasteiger partial charge in [0, 0.05) is 25.0 Å². The van der Waals surface area contributed by atoms with Gasteiger partial charge in [0.25, 0.3) is 0 Å². The van der Waals surface area contributed by atoms with Crippen LogP contribution in [0, 0.1) is 17.8 Å². The second kappa shape index (κ2) is 6.05. The largest absolute Gasteiger partial charge is 0.342 e. The number of rotatable bonds is 2. The van der Waals surface area contributed by atoms with E-state index in [0.29, 0.717) is 11.9 Å². The van der Waals surface area contributed by atoms with Gasteiger partial charge in [0.2, 0.25) is 5.91 Å². The van der Waals surface area contributed by atoms with Crippen LogP contribution in [0.4, 0.5) is 0 Å². The summed E-state index contributed by atoms with van der Waals surface area (Å²) in [5.74, 6) is 2.28. The summed E-state index contributed by atoms with van der Waals surface area (Å²) in [6.45, 7) is 9.76. The molecule has 3 heteroatoms. The maximum atomic E-state index is 12.5. The Bertz CT molecular complexity index is 282. The summed E-state index contributed by atoms with van der Waals surface area (Å²) in [5, 5.41) is 3.42. The average molecular weight is 252 g/mol. The maximum absolute atomic E-state index is 12.5. The normalized spacial score (nSPS) is 30.8. The van der Waals surface area contributed by atoms with E-state index in [1.807, 2.05) is 0 Å². The summed E-state index contributed by atoms with van der Waals surface area (Å²) in [5.41, 5.74) is 0. The first kappa shape index (κ1) is 13.9. The van der Waals surface area contributed by atoms with Gasteiger partial charge in [-0.3, -0.25) is 4.79 Å². The molecule has 2 aliphatic heterocycles. The molecule has 2 rings (SSSR count). The van der Waals surface area contributed by atoms with Gasteiger partial charge in [0.05, 0.1) is 0 Å². The lowest BCUT2D eigenvalue weighted by atomic mass is 9.85. The smallest absolute Gasteiger partial charge is 0.225 e. The summed E-state index contributed by atoms with van der Waals surface area (Å²) in [7, 11) is 0. The Morgan fingerprint density at radius 3 is 2.44 bits per heavy atom. The molecule has 0 bridgehead atoms. The van der Waals surface area contributed by atoms with Crippen molar-refractivity contribution in [2.75, 3.05) is 19.6 Å². The van der Waals surface area contributed by atoms with Crippen molar-refractivity contribution in [3.63, 3.8) is 0 Å². The Morgan fingerprint density at radius 1 is 1.22 bits per heavy atom. The van der Waals surface area contributed by atoms with Gasteiger partial charge in [-0.05, 0) is 51.0 Å². The fourth-order valence-electron chi connectivity index (χ4n) is 3.40. The van der Waals surface area contributed by atoms with Crippen molar-refractivity contribution in [1.29, 1.82) is 0 Å². The van der Waals surface area contributed by atoms with Crippen LogP contribution in [0.3, 0.4) is 0 Å². The highest BCUT2D eigenvalue weighted by atomic mass is 16.2. The van der Waals surface area contributed by atoms with Crippen LogP contribution in [0.2, 0.25) is 0 Å². The van der Waals surface area contributed by atoms with Crippen LogP contribution in [0.25, 0.3) is 0 Å². The van der Waals surface area contributed by atoms with Crippen molar-refractivity contribution in [1.82, 2.24) is 10.2 Å². The number of hydrogen-bond donors (Lipinski definition) is 1. The Labute approximate surface area is 111 Å². The average Bonchev–Trinajstić information content (AvgIpc) is 2.38. The van der Waals surface area contributed by atoms with Crippen LogP contribution in [-0.4, -0.2) is 36.5 Å². The number of nitrogens with one attached hydrogen (secondary N) is 1. The summed E-state index contributed by atoms with van der Waals surface area (Å²) >= 11 is 0. The van der Waals surface area contributed by atoms with Crippen molar-refractivity contribution in [2.24, 2.45) is 17.8 Å². The van der Waals surface area contributed by atoms with E-state index in [4.69, 9.17) is 0 Å². The third-order valence-electron chi connectivity index (χ3n) is 4.77. The standard InChI is InChI=1S/C15H28N2O/c1-11(2)13-5-8-17(9-6-13)15(18)14-4-7-16-12(3)10-14/h11-14,16H,4-10H2,1-3H3/t12-,14-/m0/s1. The minimum atomic E-state index is 0.275. The van der Waals surface area contributed by atoms with Gasteiger partial charge in [-0.15, -0.1) is 0 Å². The molecule has 0 aromatic rings. The van der Waals surface area contributed by atoms with Crippen LogP contribution in [0.5, 0.6) is 0 Å². The SMILES string of the molecule is CC(C)C1CCN(C(=O)[C@H]2CCN[C@@H](C)C2)CC1. The molecule has 2 atom stereocenters. The molecule has 2 fully saturated rings. The van der Waals surface area contributed by atoms with Gasteiger partial charge < -0.3 is 10.2 Å². The zero-order valence-corrected chi connectivity index (χ0v) is 12.1. The highest BCUT2D eigenvalue weighted by Gasteiger charge is 2.31. The van der Waals surface area contributed by atoms with Crippen molar-refractivity contribution < 1.29 is 4.79 Å². The molecule has 0 aromatic carbocycles. The third kappa shape index (κ3) is 3.25. The Hall–Kier alpha value is -0.570. The number of hydrogen-bond acceptors (Lipinski definition) is 2. The molecule has 2 heterocycles. The Balaban J connectivity index is 1.83. The van der Waals surface area contributed by atoms with Crippen LogP contribution < -0.4 is 5.32 Å². The Kier molecular flexibility index (Phi) is 4.66. The molecule has 1 N–H and O–H groups in total. The molecular formula is C15H28N2O. The number of piperidine rings is 2. The summed E-state index contributed by atoms with van der Waals surface area (Å²) < 4.78 is 0. The predicted octanol–water partition coefficient (Wildman–Crippen LogP) is 2.27. The van der Waals surface area contributed by atoms with Gasteiger partial charge in [0.1, 0.15) is 0 Å². The van der Waals surface area contributed by atoms with Crippen LogP contribution >= 0.6 is 0 Å². The van der Waals surface area contributed by atoms with E-state index in [9.17, 15) is 4.79 Å². The van der Waals surface area contributed by atoms with Gasteiger partial charge in [-0.25, -0.2) is 0 Å². The van der Waals surface area contributed by atoms with Gasteiger partial charge in [-0.1, -0.05) is 13.8 Å². The van der Waals surface area contributed by atoms with E-state index in [0.717, 1.165) is 44.3 Å². The number of carbonyl (C=O) groups excluding carboxylic acids is 1. The lowest BCUT2D eigenvalue weighted by molar-refractivity contribution is -0.138.